The molecule has 1 N–H and O–H groups in total. The van der Waals surface area contributed by atoms with Crippen molar-refractivity contribution in [1.29, 1.82) is 0 Å². The van der Waals surface area contributed by atoms with Gasteiger partial charge in [0, 0.05) is 6.54 Å². The standard InChI is InChI=1S/C17H13ClFNO2S/c18-16-10-14(8-9-17(16)19)23(21,22)20-11-13-6-3-5-12-4-1-2-7-15(12)13/h1-10,20H,11H2. The third-order valence-electron chi connectivity index (χ3n) is 3.53. The van der Waals surface area contributed by atoms with E-state index >= 15 is 0 Å². The van der Waals surface area contributed by atoms with E-state index < -0.39 is 15.8 Å². The summed E-state index contributed by atoms with van der Waals surface area (Å²) in [5.74, 6) is -0.653. The largest absolute Gasteiger partial charge is 0.240 e. The summed E-state index contributed by atoms with van der Waals surface area (Å²) in [7, 11) is -3.77. The molecule has 3 aromatic rings. The lowest BCUT2D eigenvalue weighted by atomic mass is 10.1. The van der Waals surface area contributed by atoms with Crippen molar-refractivity contribution in [3.05, 3.63) is 77.1 Å². The number of sulfonamides is 1. The normalized spacial score (nSPS) is 11.7. The summed E-state index contributed by atoms with van der Waals surface area (Å²) in [6.45, 7) is 0.138. The molecule has 23 heavy (non-hydrogen) atoms. The first-order valence-electron chi connectivity index (χ1n) is 6.89. The van der Waals surface area contributed by atoms with Crippen LogP contribution in [0.3, 0.4) is 0 Å². The summed E-state index contributed by atoms with van der Waals surface area (Å²) >= 11 is 5.65. The number of fused-ring (bicyclic) bond motifs is 1. The number of nitrogens with one attached hydrogen (secondary N) is 1. The SMILES string of the molecule is O=S(=O)(NCc1cccc2ccccc12)c1ccc(F)c(Cl)c1. The van der Waals surface area contributed by atoms with E-state index in [0.29, 0.717) is 0 Å². The predicted molar refractivity (Wildman–Crippen MR) is 89.4 cm³/mol. The summed E-state index contributed by atoms with van der Waals surface area (Å²) in [6.07, 6.45) is 0. The van der Waals surface area contributed by atoms with Gasteiger partial charge in [-0.2, -0.15) is 0 Å². The molecular formula is C17H13ClFNO2S. The van der Waals surface area contributed by atoms with E-state index in [1.165, 1.54) is 6.07 Å². The van der Waals surface area contributed by atoms with Crippen molar-refractivity contribution in [2.45, 2.75) is 11.4 Å². The Kier molecular flexibility index (Phi) is 4.35. The molecule has 0 amide bonds. The van der Waals surface area contributed by atoms with Gasteiger partial charge in [-0.25, -0.2) is 17.5 Å². The quantitative estimate of drug-likeness (QED) is 0.770. The number of hydrogen-bond acceptors (Lipinski definition) is 2. The molecule has 0 atom stereocenters. The average molecular weight is 350 g/mol. The molecule has 0 aromatic heterocycles. The number of benzene rings is 3. The van der Waals surface area contributed by atoms with Crippen LogP contribution in [-0.2, 0) is 16.6 Å². The minimum absolute atomic E-state index is 0.0656. The van der Waals surface area contributed by atoms with E-state index in [-0.39, 0.29) is 16.5 Å². The molecule has 0 bridgehead atoms. The number of rotatable bonds is 4. The van der Waals surface area contributed by atoms with Gasteiger partial charge in [0.1, 0.15) is 5.82 Å². The van der Waals surface area contributed by atoms with E-state index in [4.69, 9.17) is 11.6 Å². The summed E-state index contributed by atoms with van der Waals surface area (Å²) in [6, 6.07) is 16.8. The molecule has 0 radical (unpaired) electrons. The molecule has 0 heterocycles. The van der Waals surface area contributed by atoms with Gasteiger partial charge in [0.2, 0.25) is 10.0 Å². The van der Waals surface area contributed by atoms with Crippen molar-refractivity contribution in [3.63, 3.8) is 0 Å². The highest BCUT2D eigenvalue weighted by atomic mass is 35.5. The molecule has 0 fully saturated rings. The Morgan fingerprint density at radius 3 is 2.52 bits per heavy atom. The fraction of sp³-hybridized carbons (Fsp3) is 0.0588. The first kappa shape index (κ1) is 15.9. The van der Waals surface area contributed by atoms with E-state index in [2.05, 4.69) is 4.72 Å². The zero-order chi connectivity index (χ0) is 16.4. The van der Waals surface area contributed by atoms with Gasteiger partial charge in [0.15, 0.2) is 0 Å². The van der Waals surface area contributed by atoms with Crippen molar-refractivity contribution < 1.29 is 12.8 Å². The average Bonchev–Trinajstić information content (AvgIpc) is 2.55. The van der Waals surface area contributed by atoms with E-state index in [9.17, 15) is 12.8 Å². The second-order valence-corrected chi connectivity index (χ2v) is 7.21. The Labute approximate surface area is 138 Å². The molecule has 3 aromatic carbocycles. The minimum Gasteiger partial charge on any atom is -0.207 e. The van der Waals surface area contributed by atoms with Crippen LogP contribution in [0.25, 0.3) is 10.8 Å². The molecule has 0 aliphatic heterocycles. The van der Waals surface area contributed by atoms with Crippen molar-refractivity contribution in [2.24, 2.45) is 0 Å². The number of hydrogen-bond donors (Lipinski definition) is 1. The van der Waals surface area contributed by atoms with Crippen LogP contribution in [0.1, 0.15) is 5.56 Å². The Morgan fingerprint density at radius 1 is 1.00 bits per heavy atom. The lowest BCUT2D eigenvalue weighted by Gasteiger charge is -2.10. The topological polar surface area (TPSA) is 46.2 Å². The Balaban J connectivity index is 1.87. The highest BCUT2D eigenvalue weighted by Crippen LogP contribution is 2.21. The summed E-state index contributed by atoms with van der Waals surface area (Å²) in [5.41, 5.74) is 0.861. The maximum Gasteiger partial charge on any atom is 0.240 e. The first-order valence-corrected chi connectivity index (χ1v) is 8.75. The molecule has 0 aliphatic carbocycles. The van der Waals surface area contributed by atoms with Gasteiger partial charge in [-0.05, 0) is 34.5 Å². The molecule has 6 heteroatoms. The summed E-state index contributed by atoms with van der Waals surface area (Å²) in [5, 5.41) is 1.79. The molecule has 0 unspecified atom stereocenters. The monoisotopic (exact) mass is 349 g/mol. The van der Waals surface area contributed by atoms with Crippen molar-refractivity contribution in [2.75, 3.05) is 0 Å². The molecule has 0 saturated heterocycles. The van der Waals surface area contributed by atoms with Gasteiger partial charge >= 0.3 is 0 Å². The van der Waals surface area contributed by atoms with Crippen LogP contribution < -0.4 is 4.72 Å². The lowest BCUT2D eigenvalue weighted by Crippen LogP contribution is -2.23. The van der Waals surface area contributed by atoms with E-state index in [1.807, 2.05) is 42.5 Å². The second-order valence-electron chi connectivity index (χ2n) is 5.04. The third-order valence-corrected chi connectivity index (χ3v) is 5.22. The third kappa shape index (κ3) is 3.37. The predicted octanol–water partition coefficient (Wildman–Crippen LogP) is 4.11. The van der Waals surface area contributed by atoms with Crippen LogP contribution >= 0.6 is 11.6 Å². The Bertz CT molecular complexity index is 968. The van der Waals surface area contributed by atoms with Gasteiger partial charge < -0.3 is 0 Å². The van der Waals surface area contributed by atoms with Crippen LogP contribution in [0.15, 0.2) is 65.6 Å². The van der Waals surface area contributed by atoms with Crippen molar-refractivity contribution in [1.82, 2.24) is 4.72 Å². The van der Waals surface area contributed by atoms with Crippen LogP contribution in [0.5, 0.6) is 0 Å². The number of halogens is 2. The second kappa shape index (κ2) is 6.28. The van der Waals surface area contributed by atoms with E-state index in [0.717, 1.165) is 28.5 Å². The van der Waals surface area contributed by atoms with Crippen molar-refractivity contribution in [3.8, 4) is 0 Å². The molecule has 0 spiro atoms. The molecule has 0 saturated carbocycles. The Morgan fingerprint density at radius 2 is 1.74 bits per heavy atom. The highest BCUT2D eigenvalue weighted by molar-refractivity contribution is 7.89. The maximum absolute atomic E-state index is 13.2. The van der Waals surface area contributed by atoms with Gasteiger partial charge in [0.25, 0.3) is 0 Å². The molecule has 0 aliphatic rings. The minimum atomic E-state index is -3.77. The van der Waals surface area contributed by atoms with Gasteiger partial charge in [-0.15, -0.1) is 0 Å². The first-order chi connectivity index (χ1) is 11.0. The molecule has 118 valence electrons. The fourth-order valence-corrected chi connectivity index (χ4v) is 3.62. The van der Waals surface area contributed by atoms with Crippen LogP contribution in [0, 0.1) is 5.82 Å². The molecular weight excluding hydrogens is 337 g/mol. The highest BCUT2D eigenvalue weighted by Gasteiger charge is 2.16. The van der Waals surface area contributed by atoms with Gasteiger partial charge in [-0.3, -0.25) is 0 Å². The van der Waals surface area contributed by atoms with Crippen LogP contribution in [0.4, 0.5) is 4.39 Å². The lowest BCUT2D eigenvalue weighted by molar-refractivity contribution is 0.580. The zero-order valence-electron chi connectivity index (χ0n) is 12.0. The van der Waals surface area contributed by atoms with E-state index in [1.54, 1.807) is 0 Å². The summed E-state index contributed by atoms with van der Waals surface area (Å²) in [4.78, 5) is -0.0656. The van der Waals surface area contributed by atoms with Crippen LogP contribution in [0.2, 0.25) is 5.02 Å². The van der Waals surface area contributed by atoms with Crippen LogP contribution in [-0.4, -0.2) is 8.42 Å². The van der Waals surface area contributed by atoms with Gasteiger partial charge in [-0.1, -0.05) is 54.1 Å². The summed E-state index contributed by atoms with van der Waals surface area (Å²) < 4.78 is 40.3. The van der Waals surface area contributed by atoms with Crippen molar-refractivity contribution >= 4 is 32.4 Å². The smallest absolute Gasteiger partial charge is 0.207 e. The fourth-order valence-electron chi connectivity index (χ4n) is 2.35. The zero-order valence-corrected chi connectivity index (χ0v) is 13.5. The maximum atomic E-state index is 13.2. The van der Waals surface area contributed by atoms with Gasteiger partial charge in [0.05, 0.1) is 9.92 Å². The Hall–Kier alpha value is -1.95. The molecule has 3 nitrogen and oxygen atoms in total. The molecule has 3 rings (SSSR count).